The summed E-state index contributed by atoms with van der Waals surface area (Å²) in [5.41, 5.74) is 1.19. The highest BCUT2D eigenvalue weighted by Crippen LogP contribution is 2.26. The molecular weight excluding hydrogens is 260 g/mol. The van der Waals surface area contributed by atoms with E-state index < -0.39 is 0 Å². The van der Waals surface area contributed by atoms with Crippen molar-refractivity contribution in [1.82, 2.24) is 10.2 Å². The molecule has 0 amide bonds. The molecule has 2 heterocycles. The van der Waals surface area contributed by atoms with Crippen LogP contribution in [0.2, 0.25) is 5.02 Å². The third-order valence-electron chi connectivity index (χ3n) is 4.24. The van der Waals surface area contributed by atoms with Gasteiger partial charge in [-0.15, -0.1) is 0 Å². The molecule has 1 aromatic rings. The minimum atomic E-state index is 0.665. The van der Waals surface area contributed by atoms with Gasteiger partial charge < -0.3 is 10.1 Å². The highest BCUT2D eigenvalue weighted by molar-refractivity contribution is 6.30. The molecular formula is C15H21ClN2O. The van der Waals surface area contributed by atoms with Gasteiger partial charge in [0.15, 0.2) is 0 Å². The topological polar surface area (TPSA) is 24.5 Å². The molecule has 1 N–H and O–H groups in total. The lowest BCUT2D eigenvalue weighted by Crippen LogP contribution is -2.35. The fourth-order valence-corrected chi connectivity index (χ4v) is 3.47. The lowest BCUT2D eigenvalue weighted by molar-refractivity contribution is 0.247. The molecule has 19 heavy (non-hydrogen) atoms. The second-order valence-electron chi connectivity index (χ2n) is 5.62. The minimum absolute atomic E-state index is 0.665. The zero-order valence-corrected chi connectivity index (χ0v) is 12.1. The number of methoxy groups -OCH3 is 1. The van der Waals surface area contributed by atoms with Crippen molar-refractivity contribution in [2.75, 3.05) is 20.2 Å². The summed E-state index contributed by atoms with van der Waals surface area (Å²) in [6.45, 7) is 3.21. The molecule has 2 atom stereocenters. The molecule has 1 aromatic carbocycles. The van der Waals surface area contributed by atoms with Crippen LogP contribution in [0.5, 0.6) is 5.75 Å². The largest absolute Gasteiger partial charge is 0.496 e. The van der Waals surface area contributed by atoms with E-state index in [1.807, 2.05) is 18.2 Å². The van der Waals surface area contributed by atoms with Gasteiger partial charge in [-0.1, -0.05) is 11.6 Å². The van der Waals surface area contributed by atoms with Gasteiger partial charge in [0.25, 0.3) is 0 Å². The lowest BCUT2D eigenvalue weighted by atomic mass is 10.1. The van der Waals surface area contributed by atoms with E-state index in [1.54, 1.807) is 7.11 Å². The maximum Gasteiger partial charge on any atom is 0.123 e. The Hall–Kier alpha value is -0.770. The predicted octanol–water partition coefficient (Wildman–Crippen LogP) is 2.67. The molecule has 2 aliphatic heterocycles. The molecule has 0 radical (unpaired) electrons. The van der Waals surface area contributed by atoms with Crippen molar-refractivity contribution in [3.8, 4) is 5.75 Å². The number of hydrogen-bond acceptors (Lipinski definition) is 3. The van der Waals surface area contributed by atoms with E-state index in [0.29, 0.717) is 6.04 Å². The molecule has 2 unspecified atom stereocenters. The number of hydrogen-bond donors (Lipinski definition) is 1. The van der Waals surface area contributed by atoms with E-state index in [0.717, 1.165) is 36.4 Å². The number of fused-ring (bicyclic) bond motifs is 2. The molecule has 3 rings (SSSR count). The maximum absolute atomic E-state index is 6.10. The van der Waals surface area contributed by atoms with Crippen LogP contribution >= 0.6 is 11.6 Å². The van der Waals surface area contributed by atoms with Crippen LogP contribution < -0.4 is 10.1 Å². The van der Waals surface area contributed by atoms with Crippen LogP contribution in [-0.4, -0.2) is 37.2 Å². The van der Waals surface area contributed by atoms with E-state index in [4.69, 9.17) is 16.3 Å². The van der Waals surface area contributed by atoms with E-state index in [1.165, 1.54) is 24.8 Å². The molecule has 0 aromatic heterocycles. The average Bonchev–Trinajstić information content (AvgIpc) is 2.73. The van der Waals surface area contributed by atoms with E-state index in [2.05, 4.69) is 10.2 Å². The van der Waals surface area contributed by atoms with Crippen LogP contribution in [0.4, 0.5) is 0 Å². The van der Waals surface area contributed by atoms with Crippen molar-refractivity contribution in [1.29, 1.82) is 0 Å². The van der Waals surface area contributed by atoms with Crippen molar-refractivity contribution >= 4 is 11.6 Å². The first kappa shape index (κ1) is 13.2. The van der Waals surface area contributed by atoms with Gasteiger partial charge in [-0.3, -0.25) is 4.90 Å². The normalized spacial score (nSPS) is 27.3. The van der Waals surface area contributed by atoms with Crippen LogP contribution in [-0.2, 0) is 6.54 Å². The standard InChI is InChI=1S/C15H21ClN2O/c1-19-15-5-2-12(16)8-11(15)9-18-7-6-13-3-4-14(10-18)17-13/h2,5,8,13-14,17H,3-4,6-7,9-10H2,1H3. The highest BCUT2D eigenvalue weighted by Gasteiger charge is 2.29. The molecule has 3 nitrogen and oxygen atoms in total. The molecule has 4 heteroatoms. The van der Waals surface area contributed by atoms with Gasteiger partial charge in [-0.25, -0.2) is 0 Å². The molecule has 0 saturated carbocycles. The molecule has 2 fully saturated rings. The summed E-state index contributed by atoms with van der Waals surface area (Å²) in [6, 6.07) is 7.26. The summed E-state index contributed by atoms with van der Waals surface area (Å²) < 4.78 is 5.43. The predicted molar refractivity (Wildman–Crippen MR) is 77.8 cm³/mol. The Morgan fingerprint density at radius 1 is 1.32 bits per heavy atom. The molecule has 0 spiro atoms. The molecule has 2 aliphatic rings. The van der Waals surface area contributed by atoms with Crippen LogP contribution in [0.3, 0.4) is 0 Å². The van der Waals surface area contributed by atoms with Crippen molar-refractivity contribution in [2.24, 2.45) is 0 Å². The van der Waals surface area contributed by atoms with Gasteiger partial charge in [0.05, 0.1) is 7.11 Å². The van der Waals surface area contributed by atoms with Crippen LogP contribution in [0.15, 0.2) is 18.2 Å². The van der Waals surface area contributed by atoms with Gasteiger partial charge in [0, 0.05) is 42.3 Å². The van der Waals surface area contributed by atoms with Crippen molar-refractivity contribution in [3.63, 3.8) is 0 Å². The number of benzene rings is 1. The molecule has 104 valence electrons. The first-order valence-corrected chi connectivity index (χ1v) is 7.43. The quantitative estimate of drug-likeness (QED) is 0.921. The Morgan fingerprint density at radius 2 is 2.16 bits per heavy atom. The SMILES string of the molecule is COc1ccc(Cl)cc1CN1CCC2CCC(C1)N2. The summed E-state index contributed by atoms with van der Waals surface area (Å²) in [6.07, 6.45) is 3.91. The Morgan fingerprint density at radius 3 is 3.00 bits per heavy atom. The summed E-state index contributed by atoms with van der Waals surface area (Å²) in [7, 11) is 1.72. The van der Waals surface area contributed by atoms with Crippen LogP contribution in [0, 0.1) is 0 Å². The second kappa shape index (κ2) is 5.70. The second-order valence-corrected chi connectivity index (χ2v) is 6.05. The number of halogens is 1. The number of nitrogens with zero attached hydrogens (tertiary/aromatic N) is 1. The third kappa shape index (κ3) is 3.04. The molecule has 0 aliphatic carbocycles. The molecule has 2 bridgehead atoms. The smallest absolute Gasteiger partial charge is 0.123 e. The van der Waals surface area contributed by atoms with Crippen LogP contribution in [0.25, 0.3) is 0 Å². The first-order chi connectivity index (χ1) is 9.24. The van der Waals surface area contributed by atoms with E-state index >= 15 is 0 Å². The van der Waals surface area contributed by atoms with E-state index in [-0.39, 0.29) is 0 Å². The van der Waals surface area contributed by atoms with E-state index in [9.17, 15) is 0 Å². The van der Waals surface area contributed by atoms with Crippen molar-refractivity contribution in [3.05, 3.63) is 28.8 Å². The first-order valence-electron chi connectivity index (χ1n) is 7.05. The van der Waals surface area contributed by atoms with Crippen molar-refractivity contribution < 1.29 is 4.74 Å². The van der Waals surface area contributed by atoms with Crippen LogP contribution in [0.1, 0.15) is 24.8 Å². The fraction of sp³-hybridized carbons (Fsp3) is 0.600. The zero-order chi connectivity index (χ0) is 13.2. The Bertz CT molecular complexity index is 452. The van der Waals surface area contributed by atoms with Gasteiger partial charge in [0.1, 0.15) is 5.75 Å². The lowest BCUT2D eigenvalue weighted by Gasteiger charge is -2.24. The highest BCUT2D eigenvalue weighted by atomic mass is 35.5. The average molecular weight is 281 g/mol. The summed E-state index contributed by atoms with van der Waals surface area (Å²) in [5.74, 6) is 0.937. The number of rotatable bonds is 3. The third-order valence-corrected chi connectivity index (χ3v) is 4.48. The summed E-state index contributed by atoms with van der Waals surface area (Å²) in [4.78, 5) is 2.52. The van der Waals surface area contributed by atoms with Gasteiger partial charge in [0.2, 0.25) is 0 Å². The number of nitrogens with one attached hydrogen (secondary N) is 1. The zero-order valence-electron chi connectivity index (χ0n) is 11.4. The summed E-state index contributed by atoms with van der Waals surface area (Å²) >= 11 is 6.10. The van der Waals surface area contributed by atoms with Gasteiger partial charge >= 0.3 is 0 Å². The fourth-order valence-electron chi connectivity index (χ4n) is 3.27. The van der Waals surface area contributed by atoms with Gasteiger partial charge in [-0.2, -0.15) is 0 Å². The van der Waals surface area contributed by atoms with Crippen molar-refractivity contribution in [2.45, 2.75) is 37.9 Å². The van der Waals surface area contributed by atoms with Gasteiger partial charge in [-0.05, 0) is 37.5 Å². The summed E-state index contributed by atoms with van der Waals surface area (Å²) in [5, 5.41) is 4.49. The number of ether oxygens (including phenoxy) is 1. The monoisotopic (exact) mass is 280 g/mol. The Kier molecular flexibility index (Phi) is 3.96. The molecule has 2 saturated heterocycles. The maximum atomic E-state index is 6.10. The number of likely N-dealkylation sites (tertiary alicyclic amines) is 1. The Labute approximate surface area is 119 Å². The Balaban J connectivity index is 1.72. The minimum Gasteiger partial charge on any atom is -0.496 e.